The summed E-state index contributed by atoms with van der Waals surface area (Å²) in [4.78, 5) is 11.0. The van der Waals surface area contributed by atoms with Gasteiger partial charge in [0.05, 0.1) is 4.90 Å². The zero-order valence-corrected chi connectivity index (χ0v) is 12.0. The van der Waals surface area contributed by atoms with E-state index in [1.165, 1.54) is 27.8 Å². The lowest BCUT2D eigenvalue weighted by atomic mass is 10.1. The van der Waals surface area contributed by atoms with Gasteiger partial charge >= 0.3 is 5.97 Å². The average Bonchev–Trinajstić information content (AvgIpc) is 2.27. The normalized spacial score (nSPS) is 12.7. The lowest BCUT2D eigenvalue weighted by Gasteiger charge is -2.30. The molecule has 0 saturated carbocycles. The van der Waals surface area contributed by atoms with Crippen LogP contribution in [0, 0.1) is 12.7 Å². The molecule has 0 bridgehead atoms. The number of benzene rings is 1. The van der Waals surface area contributed by atoms with Crippen LogP contribution in [0.4, 0.5) is 4.39 Å². The molecule has 0 heterocycles. The molecule has 5 nitrogen and oxygen atoms in total. The highest BCUT2D eigenvalue weighted by Gasteiger charge is 2.40. The van der Waals surface area contributed by atoms with Crippen LogP contribution in [0.3, 0.4) is 0 Å². The Balaban J connectivity index is 3.36. The maximum atomic E-state index is 13.0. The SMILES string of the molecule is Cc1cc(F)ccc1S(=O)(=O)N(C)C(C)(C)C(=O)O. The van der Waals surface area contributed by atoms with Gasteiger partial charge in [-0.2, -0.15) is 4.31 Å². The standard InChI is InChI=1S/C12H16FNO4S/c1-8-7-9(13)5-6-10(8)19(17,18)14(4)12(2,3)11(15)16/h5-7H,1-4H3,(H,15,16). The van der Waals surface area contributed by atoms with Crippen molar-refractivity contribution in [2.24, 2.45) is 0 Å². The predicted octanol–water partition coefficient (Wildman–Crippen LogP) is 1.62. The van der Waals surface area contributed by atoms with Crippen molar-refractivity contribution in [2.75, 3.05) is 7.05 Å². The van der Waals surface area contributed by atoms with Gasteiger partial charge in [-0.25, -0.2) is 12.8 Å². The molecule has 0 aliphatic rings. The summed E-state index contributed by atoms with van der Waals surface area (Å²) >= 11 is 0. The van der Waals surface area contributed by atoms with Gasteiger partial charge in [0.15, 0.2) is 0 Å². The Morgan fingerprint density at radius 1 is 1.37 bits per heavy atom. The van der Waals surface area contributed by atoms with Gasteiger partial charge in [-0.3, -0.25) is 4.79 Å². The van der Waals surface area contributed by atoms with Gasteiger partial charge < -0.3 is 5.11 Å². The van der Waals surface area contributed by atoms with Gasteiger partial charge in [-0.15, -0.1) is 0 Å². The van der Waals surface area contributed by atoms with E-state index in [1.54, 1.807) is 0 Å². The number of halogens is 1. The molecule has 0 unspecified atom stereocenters. The minimum Gasteiger partial charge on any atom is -0.480 e. The Morgan fingerprint density at radius 3 is 2.32 bits per heavy atom. The zero-order chi connectivity index (χ0) is 15.0. The van der Waals surface area contributed by atoms with Gasteiger partial charge in [0, 0.05) is 7.05 Å². The maximum absolute atomic E-state index is 13.0. The first-order valence-corrected chi connectivity index (χ1v) is 6.94. The van der Waals surface area contributed by atoms with Crippen LogP contribution in [0.2, 0.25) is 0 Å². The first kappa shape index (κ1) is 15.6. The highest BCUT2D eigenvalue weighted by Crippen LogP contribution is 2.25. The Labute approximate surface area is 111 Å². The topological polar surface area (TPSA) is 74.7 Å². The molecule has 19 heavy (non-hydrogen) atoms. The lowest BCUT2D eigenvalue weighted by molar-refractivity contribution is -0.145. The van der Waals surface area contributed by atoms with E-state index in [4.69, 9.17) is 5.11 Å². The third-order valence-electron chi connectivity index (χ3n) is 3.09. The summed E-state index contributed by atoms with van der Waals surface area (Å²) in [6.07, 6.45) is 0. The Kier molecular flexibility index (Phi) is 4.02. The predicted molar refractivity (Wildman–Crippen MR) is 67.8 cm³/mol. The van der Waals surface area contributed by atoms with Crippen LogP contribution in [0.25, 0.3) is 0 Å². The second kappa shape index (κ2) is 4.90. The van der Waals surface area contributed by atoms with E-state index >= 15 is 0 Å². The molecular weight excluding hydrogens is 273 g/mol. The number of aliphatic carboxylic acids is 1. The summed E-state index contributed by atoms with van der Waals surface area (Å²) in [6, 6.07) is 3.25. The Hall–Kier alpha value is -1.47. The number of hydrogen-bond donors (Lipinski definition) is 1. The van der Waals surface area contributed by atoms with E-state index in [2.05, 4.69) is 0 Å². The fourth-order valence-electron chi connectivity index (χ4n) is 1.48. The largest absolute Gasteiger partial charge is 0.480 e. The highest BCUT2D eigenvalue weighted by molar-refractivity contribution is 7.89. The van der Waals surface area contributed by atoms with Crippen LogP contribution in [0.5, 0.6) is 0 Å². The van der Waals surface area contributed by atoms with Crippen molar-refractivity contribution in [1.29, 1.82) is 0 Å². The van der Waals surface area contributed by atoms with Crippen molar-refractivity contribution in [3.63, 3.8) is 0 Å². The van der Waals surface area contributed by atoms with Gasteiger partial charge in [0.25, 0.3) is 0 Å². The average molecular weight is 289 g/mol. The van der Waals surface area contributed by atoms with Crippen LogP contribution in [0.15, 0.2) is 23.1 Å². The molecule has 0 spiro atoms. The molecule has 0 aliphatic heterocycles. The van der Waals surface area contributed by atoms with Crippen molar-refractivity contribution >= 4 is 16.0 Å². The van der Waals surface area contributed by atoms with Crippen molar-refractivity contribution in [3.8, 4) is 0 Å². The molecule has 1 rings (SSSR count). The lowest BCUT2D eigenvalue weighted by Crippen LogP contribution is -2.50. The smallest absolute Gasteiger partial charge is 0.324 e. The van der Waals surface area contributed by atoms with E-state index < -0.39 is 27.3 Å². The van der Waals surface area contributed by atoms with Crippen molar-refractivity contribution in [1.82, 2.24) is 4.31 Å². The van der Waals surface area contributed by atoms with Crippen LogP contribution < -0.4 is 0 Å². The second-order valence-corrected chi connectivity index (χ2v) is 6.68. The molecule has 1 aromatic rings. The summed E-state index contributed by atoms with van der Waals surface area (Å²) < 4.78 is 38.5. The Bertz CT molecular complexity index is 610. The minimum absolute atomic E-state index is 0.106. The first-order valence-electron chi connectivity index (χ1n) is 5.50. The van der Waals surface area contributed by atoms with Gasteiger partial charge in [-0.05, 0) is 44.5 Å². The van der Waals surface area contributed by atoms with Crippen molar-refractivity contribution in [2.45, 2.75) is 31.2 Å². The van der Waals surface area contributed by atoms with E-state index in [0.29, 0.717) is 0 Å². The highest BCUT2D eigenvalue weighted by atomic mass is 32.2. The van der Waals surface area contributed by atoms with Gasteiger partial charge in [0.1, 0.15) is 11.4 Å². The summed E-state index contributed by atoms with van der Waals surface area (Å²) in [6.45, 7) is 4.02. The van der Waals surface area contributed by atoms with E-state index in [0.717, 1.165) is 22.5 Å². The molecule has 1 aromatic carbocycles. The van der Waals surface area contributed by atoms with Crippen LogP contribution >= 0.6 is 0 Å². The summed E-state index contributed by atoms with van der Waals surface area (Å²) in [5.41, 5.74) is -1.37. The van der Waals surface area contributed by atoms with Crippen molar-refractivity contribution < 1.29 is 22.7 Å². The Morgan fingerprint density at radius 2 is 1.89 bits per heavy atom. The molecular formula is C12H16FNO4S. The number of aryl methyl sites for hydroxylation is 1. The zero-order valence-electron chi connectivity index (χ0n) is 11.1. The molecule has 7 heteroatoms. The molecule has 0 aliphatic carbocycles. The fourth-order valence-corrected chi connectivity index (χ4v) is 3.16. The quantitative estimate of drug-likeness (QED) is 0.914. The molecule has 0 radical (unpaired) electrons. The number of carboxylic acids is 1. The number of nitrogens with zero attached hydrogens (tertiary/aromatic N) is 1. The fraction of sp³-hybridized carbons (Fsp3) is 0.417. The van der Waals surface area contributed by atoms with Gasteiger partial charge in [-0.1, -0.05) is 0 Å². The maximum Gasteiger partial charge on any atom is 0.324 e. The van der Waals surface area contributed by atoms with E-state index in [9.17, 15) is 17.6 Å². The number of carbonyl (C=O) groups is 1. The van der Waals surface area contributed by atoms with E-state index in [-0.39, 0.29) is 10.5 Å². The summed E-state index contributed by atoms with van der Waals surface area (Å²) in [5, 5.41) is 9.07. The molecule has 0 aromatic heterocycles. The monoisotopic (exact) mass is 289 g/mol. The van der Waals surface area contributed by atoms with Crippen molar-refractivity contribution in [3.05, 3.63) is 29.6 Å². The number of sulfonamides is 1. The third-order valence-corrected chi connectivity index (χ3v) is 5.28. The van der Waals surface area contributed by atoms with E-state index in [1.807, 2.05) is 0 Å². The number of rotatable bonds is 4. The number of carboxylic acid groups (broad SMARTS) is 1. The first-order chi connectivity index (χ1) is 8.51. The van der Waals surface area contributed by atoms with Crippen LogP contribution in [-0.4, -0.2) is 36.4 Å². The number of hydrogen-bond acceptors (Lipinski definition) is 3. The van der Waals surface area contributed by atoms with Crippen LogP contribution in [-0.2, 0) is 14.8 Å². The second-order valence-electron chi connectivity index (χ2n) is 4.75. The molecule has 0 saturated heterocycles. The molecule has 0 atom stereocenters. The molecule has 0 amide bonds. The molecule has 1 N–H and O–H groups in total. The van der Waals surface area contributed by atoms with Gasteiger partial charge in [0.2, 0.25) is 10.0 Å². The van der Waals surface area contributed by atoms with Crippen LogP contribution in [0.1, 0.15) is 19.4 Å². The third kappa shape index (κ3) is 2.76. The minimum atomic E-state index is -4.00. The summed E-state index contributed by atoms with van der Waals surface area (Å²) in [5.74, 6) is -1.81. The molecule has 106 valence electrons. The molecule has 0 fully saturated rings. The summed E-state index contributed by atoms with van der Waals surface area (Å²) in [7, 11) is -2.82. The number of likely N-dealkylation sites (N-methyl/N-ethyl adjacent to an activating group) is 1.